The van der Waals surface area contributed by atoms with Crippen LogP contribution in [0.4, 0.5) is 35.6 Å². The van der Waals surface area contributed by atoms with E-state index in [4.69, 9.17) is 15.2 Å². The Morgan fingerprint density at radius 1 is 0.909 bits per heavy atom. The zero-order valence-electron chi connectivity index (χ0n) is 33.5. The largest absolute Gasteiger partial charge is 0.443 e. The standard InChI is InChI=1S/C43H54F2N4O6/c1-24(2)17-32-27(19-30(46)21-34(32)44)12-14-37(51)38(29-11-13-31(25(3)18-29)26(4)23-50)48-36-20-28-15-16-47-39(33(28)22-35(36)45)49(40(52)54-42(5,6)7)41(53)55-43(8,9)10/h11,13,15-16,18-22,24,26,38,48,50H,12,14,17,23,46H2,1-10H3/t26-,38?/m0/s1. The van der Waals surface area contributed by atoms with Crippen LogP contribution in [0.15, 0.2) is 54.7 Å². The molecular formula is C43H54F2N4O6. The third-order valence-electron chi connectivity index (χ3n) is 8.81. The molecule has 2 atom stereocenters. The first-order chi connectivity index (χ1) is 25.6. The molecule has 3 aromatic carbocycles. The number of nitrogen functional groups attached to an aromatic ring is 1. The van der Waals surface area contributed by atoms with Crippen LogP contribution in [-0.2, 0) is 27.1 Å². The van der Waals surface area contributed by atoms with Gasteiger partial charge in [-0.15, -0.1) is 0 Å². The average Bonchev–Trinajstić information content (AvgIpc) is 3.05. The number of hydrogen-bond donors (Lipinski definition) is 3. The quantitative estimate of drug-likeness (QED) is 0.120. The number of anilines is 3. The normalized spacial score (nSPS) is 13.1. The van der Waals surface area contributed by atoms with E-state index in [9.17, 15) is 19.5 Å². The summed E-state index contributed by atoms with van der Waals surface area (Å²) in [7, 11) is 0. The van der Waals surface area contributed by atoms with Crippen molar-refractivity contribution < 1.29 is 37.7 Å². The van der Waals surface area contributed by atoms with Gasteiger partial charge in [-0.05, 0) is 131 Å². The number of amides is 2. The number of fused-ring (bicyclic) bond motifs is 1. The topological polar surface area (TPSA) is 144 Å². The molecule has 4 aromatic rings. The van der Waals surface area contributed by atoms with Crippen molar-refractivity contribution in [2.75, 3.05) is 22.6 Å². The molecule has 0 fully saturated rings. The smallest absolute Gasteiger partial charge is 0.425 e. The number of rotatable bonds is 12. The van der Waals surface area contributed by atoms with Crippen molar-refractivity contribution in [1.82, 2.24) is 4.98 Å². The van der Waals surface area contributed by atoms with Crippen LogP contribution in [0.25, 0.3) is 10.8 Å². The van der Waals surface area contributed by atoms with E-state index in [2.05, 4.69) is 10.3 Å². The zero-order chi connectivity index (χ0) is 41.0. The Labute approximate surface area is 322 Å². The number of aliphatic hydroxyl groups excluding tert-OH is 1. The maximum Gasteiger partial charge on any atom is 0.425 e. The number of ketones is 1. The number of aromatic nitrogens is 1. The summed E-state index contributed by atoms with van der Waals surface area (Å²) in [4.78, 5) is 46.0. The van der Waals surface area contributed by atoms with Gasteiger partial charge in [0, 0.05) is 36.2 Å². The van der Waals surface area contributed by atoms with E-state index in [0.29, 0.717) is 33.4 Å². The number of nitrogens with zero attached hydrogens (tertiary/aromatic N) is 2. The van der Waals surface area contributed by atoms with Crippen LogP contribution in [0.5, 0.6) is 0 Å². The number of nitrogens with one attached hydrogen (secondary N) is 1. The summed E-state index contributed by atoms with van der Waals surface area (Å²) in [5, 5.41) is 13.4. The van der Waals surface area contributed by atoms with Crippen molar-refractivity contribution in [1.29, 1.82) is 0 Å². The van der Waals surface area contributed by atoms with Crippen molar-refractivity contribution in [3.05, 3.63) is 94.2 Å². The monoisotopic (exact) mass is 760 g/mol. The molecule has 0 aliphatic rings. The Balaban J connectivity index is 1.79. The predicted molar refractivity (Wildman–Crippen MR) is 212 cm³/mol. The van der Waals surface area contributed by atoms with Gasteiger partial charge in [-0.1, -0.05) is 39.0 Å². The minimum atomic E-state index is -1.05. The summed E-state index contributed by atoms with van der Waals surface area (Å²) < 4.78 is 42.4. The Bertz CT molecular complexity index is 2030. The molecule has 1 heterocycles. The molecule has 1 aromatic heterocycles. The van der Waals surface area contributed by atoms with Gasteiger partial charge in [0.25, 0.3) is 0 Å². The molecule has 55 heavy (non-hydrogen) atoms. The maximum atomic E-state index is 16.3. The molecule has 1 unspecified atom stereocenters. The van der Waals surface area contributed by atoms with Gasteiger partial charge >= 0.3 is 12.2 Å². The lowest BCUT2D eigenvalue weighted by Gasteiger charge is -2.28. The molecule has 4 N–H and O–H groups in total. The van der Waals surface area contributed by atoms with E-state index in [1.807, 2.05) is 39.8 Å². The lowest BCUT2D eigenvalue weighted by Crippen LogP contribution is -2.44. The Morgan fingerprint density at radius 3 is 2.11 bits per heavy atom. The molecule has 0 bridgehead atoms. The van der Waals surface area contributed by atoms with Crippen molar-refractivity contribution in [3.63, 3.8) is 0 Å². The van der Waals surface area contributed by atoms with E-state index in [0.717, 1.165) is 17.2 Å². The predicted octanol–water partition coefficient (Wildman–Crippen LogP) is 9.73. The summed E-state index contributed by atoms with van der Waals surface area (Å²) in [5.74, 6) is -1.66. The van der Waals surface area contributed by atoms with Gasteiger partial charge in [0.1, 0.15) is 28.9 Å². The first-order valence-electron chi connectivity index (χ1n) is 18.5. The van der Waals surface area contributed by atoms with Crippen molar-refractivity contribution in [2.24, 2.45) is 5.92 Å². The summed E-state index contributed by atoms with van der Waals surface area (Å²) in [5.41, 5.74) is 7.75. The third kappa shape index (κ3) is 11.0. The van der Waals surface area contributed by atoms with E-state index >= 15 is 8.78 Å². The van der Waals surface area contributed by atoms with Crippen LogP contribution < -0.4 is 16.0 Å². The highest BCUT2D eigenvalue weighted by Crippen LogP contribution is 2.34. The summed E-state index contributed by atoms with van der Waals surface area (Å²) >= 11 is 0. The van der Waals surface area contributed by atoms with Crippen LogP contribution >= 0.6 is 0 Å². The zero-order valence-corrected chi connectivity index (χ0v) is 33.5. The Morgan fingerprint density at radius 2 is 1.55 bits per heavy atom. The number of hydrogen-bond acceptors (Lipinski definition) is 9. The first-order valence-corrected chi connectivity index (χ1v) is 18.5. The molecule has 0 spiro atoms. The van der Waals surface area contributed by atoms with E-state index in [-0.39, 0.29) is 59.6 Å². The second-order valence-corrected chi connectivity index (χ2v) is 16.5. The molecule has 0 saturated heterocycles. The number of imide groups is 1. The number of halogens is 2. The fourth-order valence-corrected chi connectivity index (χ4v) is 6.34. The van der Waals surface area contributed by atoms with E-state index < -0.39 is 41.1 Å². The third-order valence-corrected chi connectivity index (χ3v) is 8.81. The number of Topliss-reactive ketones (excluding diaryl/α,β-unsaturated/α-hetero) is 1. The molecule has 0 radical (unpaired) electrons. The summed E-state index contributed by atoms with van der Waals surface area (Å²) in [6.07, 6.45) is -0.0711. The lowest BCUT2D eigenvalue weighted by molar-refractivity contribution is -0.119. The van der Waals surface area contributed by atoms with Gasteiger partial charge in [-0.2, -0.15) is 4.90 Å². The first kappa shape index (κ1) is 42.6. The molecule has 12 heteroatoms. The van der Waals surface area contributed by atoms with Gasteiger partial charge in [0.2, 0.25) is 0 Å². The summed E-state index contributed by atoms with van der Waals surface area (Å²) in [6.45, 7) is 17.5. The second kappa shape index (κ2) is 17.1. The molecule has 4 rings (SSSR count). The van der Waals surface area contributed by atoms with Gasteiger partial charge in [0.15, 0.2) is 11.6 Å². The highest BCUT2D eigenvalue weighted by molar-refractivity contribution is 6.14. The van der Waals surface area contributed by atoms with Gasteiger partial charge in [-0.3, -0.25) is 4.79 Å². The van der Waals surface area contributed by atoms with Crippen LogP contribution in [0.3, 0.4) is 0 Å². The average molecular weight is 761 g/mol. The molecular weight excluding hydrogens is 706 g/mol. The minimum Gasteiger partial charge on any atom is -0.443 e. The van der Waals surface area contributed by atoms with Crippen LogP contribution in [0, 0.1) is 24.5 Å². The fourth-order valence-electron chi connectivity index (χ4n) is 6.34. The highest BCUT2D eigenvalue weighted by atomic mass is 19.1. The SMILES string of the molecule is Cc1cc(C(Nc2cc3ccnc(N(C(=O)OC(C)(C)C)C(=O)OC(C)(C)C)c3cc2F)C(=O)CCc2cc(N)cc(F)c2CC(C)C)ccc1[C@@H](C)CO. The number of ether oxygens (including phenoxy) is 2. The molecule has 0 saturated carbocycles. The van der Waals surface area contributed by atoms with Crippen LogP contribution in [-0.4, -0.2) is 45.9 Å². The van der Waals surface area contributed by atoms with Gasteiger partial charge < -0.3 is 25.6 Å². The van der Waals surface area contributed by atoms with Crippen LogP contribution in [0.1, 0.15) is 109 Å². The van der Waals surface area contributed by atoms with Gasteiger partial charge in [-0.25, -0.2) is 23.4 Å². The van der Waals surface area contributed by atoms with E-state index in [1.54, 1.807) is 59.7 Å². The van der Waals surface area contributed by atoms with Gasteiger partial charge in [0.05, 0.1) is 5.69 Å². The maximum absolute atomic E-state index is 16.3. The van der Waals surface area contributed by atoms with Crippen molar-refractivity contribution in [2.45, 2.75) is 112 Å². The lowest BCUT2D eigenvalue weighted by atomic mass is 9.89. The number of aryl methyl sites for hydroxylation is 2. The van der Waals surface area contributed by atoms with E-state index in [1.165, 1.54) is 18.3 Å². The number of benzene rings is 3. The number of pyridine rings is 1. The summed E-state index contributed by atoms with van der Waals surface area (Å²) in [6, 6.07) is 11.6. The molecule has 0 aliphatic heterocycles. The molecule has 2 amide bonds. The Kier molecular flexibility index (Phi) is 13.3. The second-order valence-electron chi connectivity index (χ2n) is 16.5. The number of aliphatic hydroxyl groups is 1. The fraction of sp³-hybridized carbons (Fsp3) is 0.442. The number of nitrogens with two attached hydrogens (primary N) is 1. The molecule has 0 aliphatic carbocycles. The minimum absolute atomic E-state index is 0.0104. The Hall–Kier alpha value is -5.10. The molecule has 296 valence electrons. The van der Waals surface area contributed by atoms with Crippen molar-refractivity contribution >= 4 is 45.9 Å². The van der Waals surface area contributed by atoms with Crippen LogP contribution in [0.2, 0.25) is 0 Å². The number of carbonyl (C=O) groups is 3. The molecule has 10 nitrogen and oxygen atoms in total. The number of carbonyl (C=O) groups excluding carboxylic acids is 3. The highest BCUT2D eigenvalue weighted by Gasteiger charge is 2.35. The van der Waals surface area contributed by atoms with Crippen molar-refractivity contribution in [3.8, 4) is 0 Å².